The van der Waals surface area contributed by atoms with E-state index in [2.05, 4.69) is 43.1 Å². The molecule has 3 heterocycles. The van der Waals surface area contributed by atoms with Crippen LogP contribution in [-0.4, -0.2) is 39.7 Å². The van der Waals surface area contributed by atoms with Crippen LogP contribution >= 0.6 is 15.9 Å². The van der Waals surface area contributed by atoms with E-state index in [1.54, 1.807) is 16.8 Å². The summed E-state index contributed by atoms with van der Waals surface area (Å²) in [6.07, 6.45) is 4.78. The molecule has 0 atom stereocenters. The van der Waals surface area contributed by atoms with E-state index < -0.39 is 0 Å². The summed E-state index contributed by atoms with van der Waals surface area (Å²) in [6, 6.07) is 10.9. The van der Waals surface area contributed by atoms with Crippen LogP contribution in [0.25, 0.3) is 11.2 Å². The first-order valence-electron chi connectivity index (χ1n) is 10.1. The van der Waals surface area contributed by atoms with Crippen LogP contribution in [0.5, 0.6) is 0 Å². The zero-order valence-electron chi connectivity index (χ0n) is 16.9. The number of fused-ring (bicyclic) bond motifs is 1. The Hall–Kier alpha value is -3.20. The second-order valence-electron chi connectivity index (χ2n) is 7.35. The number of carbonyl (C=O) groups is 1. The Kier molecular flexibility index (Phi) is 6.31. The number of benzene rings is 1. The van der Waals surface area contributed by atoms with E-state index in [1.165, 1.54) is 0 Å². The van der Waals surface area contributed by atoms with Crippen LogP contribution in [0.1, 0.15) is 12.8 Å². The molecule has 1 fully saturated rings. The van der Waals surface area contributed by atoms with Crippen molar-refractivity contribution in [3.8, 4) is 0 Å². The summed E-state index contributed by atoms with van der Waals surface area (Å²) in [7, 11) is 0. The first-order valence-corrected chi connectivity index (χ1v) is 10.9. The molecule has 4 rings (SSSR count). The van der Waals surface area contributed by atoms with E-state index in [-0.39, 0.29) is 17.6 Å². The van der Waals surface area contributed by atoms with E-state index in [0.29, 0.717) is 36.6 Å². The second kappa shape index (κ2) is 9.30. The monoisotopic (exact) mass is 482 g/mol. The van der Waals surface area contributed by atoms with Gasteiger partial charge in [0.1, 0.15) is 5.52 Å². The van der Waals surface area contributed by atoms with E-state index in [1.807, 2.05) is 41.3 Å². The molecule has 0 bridgehead atoms. The van der Waals surface area contributed by atoms with Crippen LogP contribution in [0.2, 0.25) is 0 Å². The normalized spacial score (nSPS) is 14.4. The Balaban J connectivity index is 1.43. The van der Waals surface area contributed by atoms with Crippen molar-refractivity contribution in [1.82, 2.24) is 19.9 Å². The average molecular weight is 483 g/mol. The summed E-state index contributed by atoms with van der Waals surface area (Å²) >= 11 is 3.38. The number of aromatic nitrogens is 3. The molecule has 2 amide bonds. The highest BCUT2D eigenvalue weighted by Gasteiger charge is 2.24. The molecule has 1 aliphatic heterocycles. The van der Waals surface area contributed by atoms with Gasteiger partial charge in [-0.1, -0.05) is 22.0 Å². The number of allylic oxidation sites excluding steroid dienone is 1. The van der Waals surface area contributed by atoms with Gasteiger partial charge in [-0.3, -0.25) is 9.36 Å². The lowest BCUT2D eigenvalue weighted by atomic mass is 10.1. The van der Waals surface area contributed by atoms with Crippen molar-refractivity contribution in [1.29, 1.82) is 0 Å². The van der Waals surface area contributed by atoms with Crippen molar-refractivity contribution in [3.05, 3.63) is 70.1 Å². The quantitative estimate of drug-likeness (QED) is 0.542. The molecule has 1 aliphatic rings. The number of piperidine rings is 1. The van der Waals surface area contributed by atoms with Crippen LogP contribution in [0.4, 0.5) is 16.3 Å². The maximum atomic E-state index is 13.0. The third-order valence-electron chi connectivity index (χ3n) is 5.23. The topological polar surface area (TPSA) is 92.2 Å². The van der Waals surface area contributed by atoms with Gasteiger partial charge in [0.15, 0.2) is 11.5 Å². The Bertz CT molecular complexity index is 1150. The second-order valence-corrected chi connectivity index (χ2v) is 8.27. The maximum absolute atomic E-state index is 13.0. The number of carbonyl (C=O) groups excluding carboxylic acids is 1. The number of nitrogens with one attached hydrogen (secondary N) is 2. The number of rotatable bonds is 5. The molecular formula is C22H23BrN6O2. The third-order valence-corrected chi connectivity index (χ3v) is 5.76. The van der Waals surface area contributed by atoms with Crippen LogP contribution < -0.4 is 21.1 Å². The van der Waals surface area contributed by atoms with Gasteiger partial charge in [-0.15, -0.1) is 6.58 Å². The Labute approximate surface area is 188 Å². The fraction of sp³-hybridized carbons (Fsp3) is 0.273. The zero-order valence-corrected chi connectivity index (χ0v) is 18.5. The molecule has 0 radical (unpaired) electrons. The van der Waals surface area contributed by atoms with Gasteiger partial charge >= 0.3 is 6.03 Å². The van der Waals surface area contributed by atoms with E-state index in [0.717, 1.165) is 23.0 Å². The molecule has 0 spiro atoms. The van der Waals surface area contributed by atoms with Crippen LogP contribution in [0.15, 0.2) is 64.5 Å². The molecule has 9 heteroatoms. The molecule has 1 saturated heterocycles. The predicted octanol–water partition coefficient (Wildman–Crippen LogP) is 3.53. The van der Waals surface area contributed by atoms with Gasteiger partial charge in [-0.2, -0.15) is 0 Å². The van der Waals surface area contributed by atoms with Gasteiger partial charge in [-0.25, -0.2) is 14.8 Å². The average Bonchev–Trinajstić information content (AvgIpc) is 2.78. The van der Waals surface area contributed by atoms with Gasteiger partial charge in [0.05, 0.1) is 0 Å². The van der Waals surface area contributed by atoms with Crippen molar-refractivity contribution >= 4 is 44.6 Å². The van der Waals surface area contributed by atoms with Gasteiger partial charge < -0.3 is 15.5 Å². The van der Waals surface area contributed by atoms with Crippen molar-refractivity contribution in [2.24, 2.45) is 0 Å². The number of nitrogens with zero attached hydrogens (tertiary/aromatic N) is 4. The first kappa shape index (κ1) is 21.0. The maximum Gasteiger partial charge on any atom is 0.319 e. The molecule has 0 aliphatic carbocycles. The summed E-state index contributed by atoms with van der Waals surface area (Å²) < 4.78 is 2.55. The van der Waals surface area contributed by atoms with E-state index in [4.69, 9.17) is 0 Å². The Morgan fingerprint density at radius 2 is 1.97 bits per heavy atom. The molecular weight excluding hydrogens is 460 g/mol. The van der Waals surface area contributed by atoms with Crippen molar-refractivity contribution in [2.45, 2.75) is 25.4 Å². The molecule has 31 heavy (non-hydrogen) atoms. The van der Waals surface area contributed by atoms with Crippen LogP contribution in [0.3, 0.4) is 0 Å². The summed E-state index contributed by atoms with van der Waals surface area (Å²) in [6.45, 7) is 5.38. The number of hydrogen-bond acceptors (Lipinski definition) is 5. The number of amides is 2. The molecule has 2 aromatic heterocycles. The van der Waals surface area contributed by atoms with Crippen molar-refractivity contribution < 1.29 is 4.79 Å². The predicted molar refractivity (Wildman–Crippen MR) is 126 cm³/mol. The standard InChI is InChI=1S/C22H23BrN6O2/c1-2-12-29-19-18(4-3-11-24-19)27-20(21(29)30)28-13-9-17(10-14-28)26-22(31)25-16-7-5-15(23)6-8-16/h2-8,11,17H,1,9-10,12-14H2,(H2,25,26,31). The third kappa shape index (κ3) is 4.77. The number of pyridine rings is 1. The SMILES string of the molecule is C=CCn1c(=O)c(N2CCC(NC(=O)Nc3ccc(Br)cc3)CC2)nc2cccnc21. The molecule has 1 aromatic carbocycles. The number of halogens is 1. The van der Waals surface area contributed by atoms with Gasteiger partial charge in [-0.05, 0) is 49.2 Å². The first-order chi connectivity index (χ1) is 15.0. The van der Waals surface area contributed by atoms with Crippen LogP contribution in [-0.2, 0) is 6.54 Å². The molecule has 160 valence electrons. The van der Waals surface area contributed by atoms with Crippen molar-refractivity contribution in [3.63, 3.8) is 0 Å². The summed E-state index contributed by atoms with van der Waals surface area (Å²) in [5.41, 5.74) is 1.78. The highest BCUT2D eigenvalue weighted by atomic mass is 79.9. The fourth-order valence-corrected chi connectivity index (χ4v) is 3.95. The smallest absolute Gasteiger partial charge is 0.319 e. The lowest BCUT2D eigenvalue weighted by molar-refractivity contribution is 0.246. The minimum absolute atomic E-state index is 0.0317. The highest BCUT2D eigenvalue weighted by Crippen LogP contribution is 2.18. The summed E-state index contributed by atoms with van der Waals surface area (Å²) in [5, 5.41) is 5.86. The minimum atomic E-state index is -0.232. The largest absolute Gasteiger partial charge is 0.352 e. The summed E-state index contributed by atoms with van der Waals surface area (Å²) in [5.74, 6) is 0.417. The van der Waals surface area contributed by atoms with Gasteiger partial charge in [0.25, 0.3) is 5.56 Å². The van der Waals surface area contributed by atoms with E-state index >= 15 is 0 Å². The van der Waals surface area contributed by atoms with Crippen molar-refractivity contribution in [2.75, 3.05) is 23.3 Å². The zero-order chi connectivity index (χ0) is 21.8. The lowest BCUT2D eigenvalue weighted by Gasteiger charge is -2.33. The molecule has 2 N–H and O–H groups in total. The number of urea groups is 1. The highest BCUT2D eigenvalue weighted by molar-refractivity contribution is 9.10. The lowest BCUT2D eigenvalue weighted by Crippen LogP contribution is -2.47. The Morgan fingerprint density at radius 3 is 2.68 bits per heavy atom. The summed E-state index contributed by atoms with van der Waals surface area (Å²) in [4.78, 5) is 36.2. The number of anilines is 2. The minimum Gasteiger partial charge on any atom is -0.352 e. The molecule has 0 saturated carbocycles. The molecule has 8 nitrogen and oxygen atoms in total. The van der Waals surface area contributed by atoms with Crippen LogP contribution in [0, 0.1) is 0 Å². The van der Waals surface area contributed by atoms with Gasteiger partial charge in [0.2, 0.25) is 0 Å². The molecule has 3 aromatic rings. The Morgan fingerprint density at radius 1 is 1.23 bits per heavy atom. The van der Waals surface area contributed by atoms with Gasteiger partial charge in [0, 0.05) is 42.0 Å². The molecule has 0 unspecified atom stereocenters. The number of hydrogen-bond donors (Lipinski definition) is 2. The fourth-order valence-electron chi connectivity index (χ4n) is 3.69. The van der Waals surface area contributed by atoms with E-state index in [9.17, 15) is 9.59 Å².